The number of amides is 1. The molecule has 1 amide bonds. The maximum Gasteiger partial charge on any atom is 0.469 e. The van der Waals surface area contributed by atoms with Crippen molar-refractivity contribution in [3.8, 4) is 11.8 Å². The monoisotopic (exact) mass is 573 g/mol. The van der Waals surface area contributed by atoms with Crippen molar-refractivity contribution in [3.63, 3.8) is 0 Å². The van der Waals surface area contributed by atoms with Gasteiger partial charge in [0, 0.05) is 42.3 Å². The minimum absolute atomic E-state index is 0.221. The number of nitrogens with one attached hydrogen (secondary N) is 1. The Morgan fingerprint density at radius 3 is 2.56 bits per heavy atom. The van der Waals surface area contributed by atoms with E-state index in [0.29, 0.717) is 19.5 Å². The predicted octanol–water partition coefficient (Wildman–Crippen LogP) is 4.11. The van der Waals surface area contributed by atoms with Gasteiger partial charge in [-0.2, -0.15) is 5.06 Å². The first-order chi connectivity index (χ1) is 19.7. The average Bonchev–Trinajstić information content (AvgIpc) is 3.56. The van der Waals surface area contributed by atoms with Gasteiger partial charge in [-0.1, -0.05) is 59.9 Å². The van der Waals surface area contributed by atoms with Gasteiger partial charge in [0.05, 0.1) is 18.9 Å². The van der Waals surface area contributed by atoms with E-state index in [1.54, 1.807) is 5.06 Å². The van der Waals surface area contributed by atoms with Crippen molar-refractivity contribution in [2.24, 2.45) is 4.99 Å². The van der Waals surface area contributed by atoms with Crippen molar-refractivity contribution in [2.75, 3.05) is 13.2 Å². The van der Waals surface area contributed by atoms with Gasteiger partial charge in [0.1, 0.15) is 12.1 Å². The van der Waals surface area contributed by atoms with Crippen LogP contribution in [-0.4, -0.2) is 51.8 Å². The fraction of sp³-hybridized carbons (Fsp3) is 0.290. The Hall–Kier alpha value is -3.61. The van der Waals surface area contributed by atoms with Crippen LogP contribution in [0.3, 0.4) is 0 Å². The summed E-state index contributed by atoms with van der Waals surface area (Å²) in [6.45, 7) is 2.44. The summed E-state index contributed by atoms with van der Waals surface area (Å²) in [5, 5.41) is 4.55. The van der Waals surface area contributed by atoms with Crippen molar-refractivity contribution >= 4 is 19.4 Å². The van der Waals surface area contributed by atoms with E-state index in [0.717, 1.165) is 40.0 Å². The summed E-state index contributed by atoms with van der Waals surface area (Å²) >= 11 is 0. The number of phosphoric acid groups is 1. The first-order valence-electron chi connectivity index (χ1n) is 13.5. The molecule has 2 aromatic carbocycles. The van der Waals surface area contributed by atoms with Crippen LogP contribution in [0, 0.1) is 18.8 Å². The van der Waals surface area contributed by atoms with E-state index < -0.39 is 20.0 Å². The van der Waals surface area contributed by atoms with Gasteiger partial charge in [-0.15, -0.1) is 0 Å². The molecular weight excluding hydrogens is 541 g/mol. The first-order valence-corrected chi connectivity index (χ1v) is 15.0. The molecule has 2 aromatic rings. The number of rotatable bonds is 9. The fourth-order valence-electron chi connectivity index (χ4n) is 4.82. The highest BCUT2D eigenvalue weighted by Crippen LogP contribution is 2.37. The van der Waals surface area contributed by atoms with E-state index in [-0.39, 0.29) is 18.9 Å². The Balaban J connectivity index is 1.20. The molecule has 2 heterocycles. The Bertz CT molecular complexity index is 1510. The third-order valence-corrected chi connectivity index (χ3v) is 7.47. The van der Waals surface area contributed by atoms with E-state index in [4.69, 9.17) is 14.6 Å². The van der Waals surface area contributed by atoms with Gasteiger partial charge < -0.3 is 15.1 Å². The Labute approximate surface area is 239 Å². The number of hydrogen-bond acceptors (Lipinski definition) is 6. The molecule has 0 spiro atoms. The lowest BCUT2D eigenvalue weighted by Gasteiger charge is -2.22. The number of hydrogen-bond donors (Lipinski definition) is 3. The number of nitrogens with zero attached hydrogens (tertiary/aromatic N) is 2. The first kappa shape index (κ1) is 28.9. The summed E-state index contributed by atoms with van der Waals surface area (Å²) in [4.78, 5) is 41.8. The number of phosphoric ester groups is 1. The smallest absolute Gasteiger partial charge is 0.354 e. The second-order valence-corrected chi connectivity index (χ2v) is 11.4. The molecule has 3 aliphatic rings. The van der Waals surface area contributed by atoms with Crippen LogP contribution in [0.4, 0.5) is 0 Å². The van der Waals surface area contributed by atoms with Crippen LogP contribution >= 0.6 is 7.82 Å². The molecule has 0 radical (unpaired) electrons. The van der Waals surface area contributed by atoms with Gasteiger partial charge in [-0.3, -0.25) is 19.1 Å². The summed E-state index contributed by atoms with van der Waals surface area (Å²) in [6.07, 6.45) is 8.99. The van der Waals surface area contributed by atoms with Gasteiger partial charge in [-0.25, -0.2) is 4.57 Å². The molecule has 0 aromatic heterocycles. The Morgan fingerprint density at radius 1 is 1.15 bits per heavy atom. The lowest BCUT2D eigenvalue weighted by Crippen LogP contribution is -2.42. The van der Waals surface area contributed by atoms with Crippen LogP contribution < -0.4 is 5.32 Å². The zero-order valence-electron chi connectivity index (χ0n) is 22.7. The minimum atomic E-state index is -4.67. The fourth-order valence-corrected chi connectivity index (χ4v) is 5.18. The lowest BCUT2D eigenvalue weighted by atomic mass is 9.96. The van der Waals surface area contributed by atoms with Crippen molar-refractivity contribution in [1.29, 1.82) is 0 Å². The number of aliphatic imine (C=N–C) groups is 1. The van der Waals surface area contributed by atoms with Crippen LogP contribution in [0.1, 0.15) is 41.5 Å². The van der Waals surface area contributed by atoms with Crippen LogP contribution in [-0.2, 0) is 25.3 Å². The predicted molar refractivity (Wildman–Crippen MR) is 155 cm³/mol. The van der Waals surface area contributed by atoms with Crippen molar-refractivity contribution < 1.29 is 28.5 Å². The average molecular weight is 574 g/mol. The summed E-state index contributed by atoms with van der Waals surface area (Å²) in [7, 11) is -4.67. The number of carbonyl (C=O) groups is 1. The number of hydroxylamine groups is 2. The zero-order valence-corrected chi connectivity index (χ0v) is 23.6. The second kappa shape index (κ2) is 12.9. The molecule has 9 nitrogen and oxygen atoms in total. The van der Waals surface area contributed by atoms with E-state index in [9.17, 15) is 9.36 Å². The molecule has 41 heavy (non-hydrogen) atoms. The third kappa shape index (κ3) is 7.99. The van der Waals surface area contributed by atoms with Gasteiger partial charge in [0.15, 0.2) is 0 Å². The molecule has 2 unspecified atom stereocenters. The highest BCUT2D eigenvalue weighted by Gasteiger charge is 2.39. The topological polar surface area (TPSA) is 121 Å². The third-order valence-electron chi connectivity index (χ3n) is 6.98. The summed E-state index contributed by atoms with van der Waals surface area (Å²) in [5.74, 6) is 6.10. The number of allylic oxidation sites excluding steroid dienone is 4. The molecule has 2 aliphatic heterocycles. The van der Waals surface area contributed by atoms with Gasteiger partial charge in [0.25, 0.3) is 0 Å². The minimum Gasteiger partial charge on any atom is -0.354 e. The van der Waals surface area contributed by atoms with E-state index in [2.05, 4.69) is 32.7 Å². The number of aryl methyl sites for hydroxylation is 1. The highest BCUT2D eigenvalue weighted by atomic mass is 31.2. The van der Waals surface area contributed by atoms with Crippen LogP contribution in [0.2, 0.25) is 0 Å². The molecule has 10 heteroatoms. The van der Waals surface area contributed by atoms with Gasteiger partial charge in [0.2, 0.25) is 5.91 Å². The van der Waals surface area contributed by atoms with Crippen LogP contribution in [0.15, 0.2) is 89.1 Å². The second-order valence-electron chi connectivity index (χ2n) is 10.1. The van der Waals surface area contributed by atoms with Gasteiger partial charge in [-0.05, 0) is 48.7 Å². The molecule has 0 bridgehead atoms. The van der Waals surface area contributed by atoms with Crippen LogP contribution in [0.5, 0.6) is 0 Å². The molecule has 1 fully saturated rings. The van der Waals surface area contributed by atoms with Crippen molar-refractivity contribution in [2.45, 2.75) is 44.9 Å². The molecule has 5 rings (SSSR count). The highest BCUT2D eigenvalue weighted by molar-refractivity contribution is 7.46. The lowest BCUT2D eigenvalue weighted by molar-refractivity contribution is -0.180. The van der Waals surface area contributed by atoms with Crippen molar-refractivity contribution in [3.05, 3.63) is 106 Å². The maximum atomic E-state index is 13.2. The number of benzene rings is 2. The SMILES string of the molecule is Cc1ccc(C#Cc2ccc(CN3OC(COP(=O)(O)O)CC3C(=O)NCCC3=CN=C4CC=CC=C34)cc2)cc1. The summed E-state index contributed by atoms with van der Waals surface area (Å²) in [5.41, 5.74) is 7.13. The van der Waals surface area contributed by atoms with E-state index in [1.807, 2.05) is 73.8 Å². The standard InChI is InChI=1S/C31H32N3O6P/c1-22-6-8-23(9-7-22)10-11-24-12-14-25(15-13-24)20-34-30(18-27(40-34)21-39-41(36,37)38)31(35)32-17-16-26-19-33-29-5-3-2-4-28(26)29/h2-4,6-9,12-15,19,27,30H,5,16-18,20-21H2,1H3,(H,32,35)(H2,36,37,38). The van der Waals surface area contributed by atoms with Crippen LogP contribution in [0.25, 0.3) is 0 Å². The normalized spacial score (nSPS) is 20.0. The zero-order chi connectivity index (χ0) is 28.8. The molecule has 0 saturated carbocycles. The Kier molecular flexibility index (Phi) is 9.11. The summed E-state index contributed by atoms with van der Waals surface area (Å²) < 4.78 is 15.9. The van der Waals surface area contributed by atoms with Crippen molar-refractivity contribution in [1.82, 2.24) is 10.4 Å². The van der Waals surface area contributed by atoms with E-state index >= 15 is 0 Å². The molecule has 3 N–H and O–H groups in total. The molecule has 1 saturated heterocycles. The molecule has 1 aliphatic carbocycles. The molecule has 2 atom stereocenters. The quantitative estimate of drug-likeness (QED) is 0.305. The largest absolute Gasteiger partial charge is 0.469 e. The summed E-state index contributed by atoms with van der Waals surface area (Å²) in [6, 6.07) is 15.0. The number of fused-ring (bicyclic) bond motifs is 1. The van der Waals surface area contributed by atoms with Gasteiger partial charge >= 0.3 is 7.82 Å². The molecular formula is C31H32N3O6P. The maximum absolute atomic E-state index is 13.2. The number of carbonyl (C=O) groups excluding carboxylic acids is 1. The Morgan fingerprint density at radius 2 is 1.85 bits per heavy atom. The molecule has 212 valence electrons. The van der Waals surface area contributed by atoms with E-state index in [1.165, 1.54) is 5.56 Å².